The molecule has 0 N–H and O–H groups in total. The molecule has 2 aliphatic rings. The summed E-state index contributed by atoms with van der Waals surface area (Å²) in [5.74, 6) is 1.26. The Labute approximate surface area is 221 Å². The number of nitrogens with zero attached hydrogens (tertiary/aromatic N) is 2. The third-order valence-corrected chi connectivity index (χ3v) is 7.91. The first-order chi connectivity index (χ1) is 18.1. The summed E-state index contributed by atoms with van der Waals surface area (Å²) < 4.78 is 10.6. The number of carbonyl (C=O) groups excluding carboxylic acids is 2. The van der Waals surface area contributed by atoms with Crippen LogP contribution in [0.3, 0.4) is 0 Å². The van der Waals surface area contributed by atoms with Gasteiger partial charge in [0, 0.05) is 36.1 Å². The van der Waals surface area contributed by atoms with Crippen molar-refractivity contribution in [1.29, 1.82) is 0 Å². The van der Waals surface area contributed by atoms with Crippen LogP contribution in [0.15, 0.2) is 48.5 Å². The van der Waals surface area contributed by atoms with Gasteiger partial charge in [-0.1, -0.05) is 12.8 Å². The third kappa shape index (κ3) is 7.65. The Hall–Kier alpha value is -2.70. The van der Waals surface area contributed by atoms with Crippen molar-refractivity contribution in [3.8, 4) is 11.5 Å². The van der Waals surface area contributed by atoms with Gasteiger partial charge in [-0.25, -0.2) is 0 Å². The lowest BCUT2D eigenvalue weighted by Crippen LogP contribution is -2.41. The van der Waals surface area contributed by atoms with E-state index in [1.165, 1.54) is 38.5 Å². The second-order valence-electron chi connectivity index (χ2n) is 10.5. The Balaban J connectivity index is 1.59. The molecule has 6 heteroatoms. The van der Waals surface area contributed by atoms with Crippen molar-refractivity contribution in [2.75, 3.05) is 53.5 Å². The Morgan fingerprint density at radius 3 is 1.30 bits per heavy atom. The molecule has 0 amide bonds. The highest BCUT2D eigenvalue weighted by Gasteiger charge is 2.32. The number of rotatable bonds is 12. The molecular weight excluding hydrogens is 464 g/mol. The Morgan fingerprint density at radius 2 is 0.973 bits per heavy atom. The molecule has 4 rings (SSSR count). The largest absolute Gasteiger partial charge is 0.497 e. The number of hydrogen-bond acceptors (Lipinski definition) is 6. The highest BCUT2D eigenvalue weighted by Crippen LogP contribution is 2.27. The van der Waals surface area contributed by atoms with E-state index in [1.54, 1.807) is 14.2 Å². The second kappa shape index (κ2) is 13.7. The van der Waals surface area contributed by atoms with Crippen molar-refractivity contribution >= 4 is 11.6 Å². The number of Topliss-reactive ketones (excluding diaryl/α,β-unsaturated/α-hetero) is 2. The van der Waals surface area contributed by atoms with Crippen LogP contribution in [0.4, 0.5) is 0 Å². The van der Waals surface area contributed by atoms with Gasteiger partial charge in [0.25, 0.3) is 0 Å². The first kappa shape index (κ1) is 27.3. The smallest absolute Gasteiger partial charge is 0.167 e. The highest BCUT2D eigenvalue weighted by molar-refractivity contribution is 6.00. The number of benzene rings is 2. The first-order valence-corrected chi connectivity index (χ1v) is 13.9. The van der Waals surface area contributed by atoms with Gasteiger partial charge in [-0.05, 0) is 107 Å². The molecule has 200 valence electrons. The predicted octanol–water partition coefficient (Wildman–Crippen LogP) is 5.36. The van der Waals surface area contributed by atoms with E-state index in [-0.39, 0.29) is 23.4 Å². The van der Waals surface area contributed by atoms with Crippen LogP contribution in [0.2, 0.25) is 0 Å². The number of ketones is 2. The molecule has 2 aliphatic heterocycles. The molecule has 2 fully saturated rings. The Morgan fingerprint density at radius 1 is 0.622 bits per heavy atom. The summed E-state index contributed by atoms with van der Waals surface area (Å²) in [5, 5.41) is 0. The van der Waals surface area contributed by atoms with E-state index in [2.05, 4.69) is 9.80 Å². The van der Waals surface area contributed by atoms with Crippen molar-refractivity contribution in [1.82, 2.24) is 9.80 Å². The predicted molar refractivity (Wildman–Crippen MR) is 147 cm³/mol. The standard InChI is InChI=1S/C31H42N2O4/c1-36-28-13-9-24(10-14-28)30(34)26(22-32-17-5-3-6-18-32)21-27(23-33-19-7-4-8-20-33)31(35)25-11-15-29(37-2)16-12-25/h9-16,26-27H,3-8,17-23H2,1-2H3/t26-,27-/m1/s1. The first-order valence-electron chi connectivity index (χ1n) is 13.9. The van der Waals surface area contributed by atoms with Crippen molar-refractivity contribution in [2.45, 2.75) is 44.9 Å². The van der Waals surface area contributed by atoms with Gasteiger partial charge in [0.1, 0.15) is 11.5 Å². The van der Waals surface area contributed by atoms with E-state index in [1.807, 2.05) is 48.5 Å². The Bertz CT molecular complexity index is 911. The molecule has 2 aromatic rings. The molecule has 2 aromatic carbocycles. The lowest BCUT2D eigenvalue weighted by Gasteiger charge is -2.34. The van der Waals surface area contributed by atoms with E-state index in [9.17, 15) is 9.59 Å². The number of carbonyl (C=O) groups is 2. The minimum atomic E-state index is -0.233. The molecule has 2 atom stereocenters. The molecule has 0 spiro atoms. The van der Waals surface area contributed by atoms with E-state index in [0.717, 1.165) is 37.7 Å². The van der Waals surface area contributed by atoms with Crippen LogP contribution in [0, 0.1) is 11.8 Å². The lowest BCUT2D eigenvalue weighted by molar-refractivity contribution is 0.0752. The molecule has 0 unspecified atom stereocenters. The Kier molecular flexibility index (Phi) is 10.1. The topological polar surface area (TPSA) is 59.1 Å². The van der Waals surface area contributed by atoms with Crippen molar-refractivity contribution in [2.24, 2.45) is 11.8 Å². The number of ether oxygens (including phenoxy) is 2. The summed E-state index contributed by atoms with van der Waals surface area (Å²) >= 11 is 0. The van der Waals surface area contributed by atoms with E-state index < -0.39 is 0 Å². The quantitative estimate of drug-likeness (QED) is 0.361. The van der Waals surface area contributed by atoms with Gasteiger partial charge in [-0.15, -0.1) is 0 Å². The molecule has 0 saturated carbocycles. The fourth-order valence-corrected chi connectivity index (χ4v) is 5.76. The molecule has 2 heterocycles. The summed E-state index contributed by atoms with van der Waals surface area (Å²) in [7, 11) is 3.26. The molecule has 2 saturated heterocycles. The van der Waals surface area contributed by atoms with Crippen molar-refractivity contribution < 1.29 is 19.1 Å². The second-order valence-corrected chi connectivity index (χ2v) is 10.5. The van der Waals surface area contributed by atoms with Crippen LogP contribution in [0.25, 0.3) is 0 Å². The van der Waals surface area contributed by atoms with Gasteiger partial charge < -0.3 is 19.3 Å². The molecule has 0 bridgehead atoms. The molecule has 6 nitrogen and oxygen atoms in total. The van der Waals surface area contributed by atoms with E-state index in [0.29, 0.717) is 30.6 Å². The summed E-state index contributed by atoms with van der Waals surface area (Å²) in [5.41, 5.74) is 1.38. The molecule has 0 radical (unpaired) electrons. The summed E-state index contributed by atoms with van der Waals surface area (Å²) in [4.78, 5) is 32.6. The van der Waals surface area contributed by atoms with Gasteiger partial charge >= 0.3 is 0 Å². The van der Waals surface area contributed by atoms with Crippen LogP contribution in [-0.4, -0.2) is 74.9 Å². The zero-order valence-electron chi connectivity index (χ0n) is 22.5. The molecule has 37 heavy (non-hydrogen) atoms. The maximum atomic E-state index is 13.9. The zero-order valence-corrected chi connectivity index (χ0v) is 22.5. The summed E-state index contributed by atoms with van der Waals surface area (Å²) in [6.45, 7) is 5.50. The minimum absolute atomic E-state index is 0.124. The third-order valence-electron chi connectivity index (χ3n) is 7.91. The van der Waals surface area contributed by atoms with Gasteiger partial charge in [0.05, 0.1) is 14.2 Å². The fraction of sp³-hybridized carbons (Fsp3) is 0.548. The van der Waals surface area contributed by atoms with Gasteiger partial charge in [0.2, 0.25) is 0 Å². The van der Waals surface area contributed by atoms with Gasteiger partial charge in [0.15, 0.2) is 11.6 Å². The summed E-state index contributed by atoms with van der Waals surface area (Å²) in [6.07, 6.45) is 7.75. The van der Waals surface area contributed by atoms with Crippen LogP contribution >= 0.6 is 0 Å². The van der Waals surface area contributed by atoms with Crippen molar-refractivity contribution in [3.63, 3.8) is 0 Å². The minimum Gasteiger partial charge on any atom is -0.497 e. The molecular formula is C31H42N2O4. The number of hydrogen-bond donors (Lipinski definition) is 0. The van der Waals surface area contributed by atoms with Crippen LogP contribution in [0.5, 0.6) is 11.5 Å². The van der Waals surface area contributed by atoms with E-state index in [4.69, 9.17) is 9.47 Å². The monoisotopic (exact) mass is 506 g/mol. The highest BCUT2D eigenvalue weighted by atomic mass is 16.5. The number of likely N-dealkylation sites (tertiary alicyclic amines) is 2. The van der Waals surface area contributed by atoms with Gasteiger partial charge in [-0.2, -0.15) is 0 Å². The van der Waals surface area contributed by atoms with Crippen molar-refractivity contribution in [3.05, 3.63) is 59.7 Å². The maximum absolute atomic E-state index is 13.9. The van der Waals surface area contributed by atoms with E-state index >= 15 is 0 Å². The maximum Gasteiger partial charge on any atom is 0.167 e. The molecule has 0 aliphatic carbocycles. The normalized spacial score (nSPS) is 18.6. The zero-order chi connectivity index (χ0) is 26.0. The fourth-order valence-electron chi connectivity index (χ4n) is 5.76. The van der Waals surface area contributed by atoms with Gasteiger partial charge in [-0.3, -0.25) is 9.59 Å². The SMILES string of the molecule is COc1ccc(C(=O)[C@H](C[C@H](CN2CCCCC2)C(=O)c2ccc(OC)cc2)CN2CCCCC2)cc1. The number of methoxy groups -OCH3 is 2. The van der Waals surface area contributed by atoms with Crippen LogP contribution < -0.4 is 9.47 Å². The molecule has 0 aromatic heterocycles. The average molecular weight is 507 g/mol. The number of piperidine rings is 2. The lowest BCUT2D eigenvalue weighted by atomic mass is 9.83. The average Bonchev–Trinajstić information content (AvgIpc) is 2.97. The van der Waals surface area contributed by atoms with Crippen LogP contribution in [-0.2, 0) is 0 Å². The summed E-state index contributed by atoms with van der Waals surface area (Å²) in [6, 6.07) is 14.8. The van der Waals surface area contributed by atoms with Crippen LogP contribution in [0.1, 0.15) is 65.7 Å².